The van der Waals surface area contributed by atoms with Crippen molar-refractivity contribution in [1.29, 1.82) is 0 Å². The Kier molecular flexibility index (Phi) is 1.55. The molecular weight excluding hydrogens is 247 g/mol. The number of nitrogens with one attached hydrogen (secondary N) is 1. The predicted octanol–water partition coefficient (Wildman–Crippen LogP) is 1.98. The molecule has 74 valence electrons. The molecule has 2 nitrogen and oxygen atoms in total. The maximum atomic E-state index is 13.7. The highest BCUT2D eigenvalue weighted by Crippen LogP contribution is 2.55. The Labute approximate surface area is 89.8 Å². The van der Waals surface area contributed by atoms with Crippen molar-refractivity contribution < 1.29 is 4.39 Å². The lowest BCUT2D eigenvalue weighted by atomic mass is 9.97. The molecule has 0 aromatic heterocycles. The molecule has 1 aliphatic heterocycles. The number of nitrogens with two attached hydrogens (primary N) is 1. The third-order valence-electron chi connectivity index (χ3n) is 3.32. The largest absolute Gasteiger partial charge is 0.383 e. The maximum absolute atomic E-state index is 13.7. The molecule has 0 amide bonds. The number of halogens is 2. The van der Waals surface area contributed by atoms with Gasteiger partial charge in [0.2, 0.25) is 0 Å². The number of hydrogen-bond acceptors (Lipinski definition) is 2. The van der Waals surface area contributed by atoms with Gasteiger partial charge in [-0.1, -0.05) is 0 Å². The summed E-state index contributed by atoms with van der Waals surface area (Å²) in [7, 11) is 0. The standard InChI is InChI=1S/C10H10BrFN2/c11-5-1-2-6(12)8-9(5)14-4-10(8)3-7(10)13/h1-2,7,14H,3-4,13H2. The minimum atomic E-state index is -0.138. The lowest BCUT2D eigenvalue weighted by molar-refractivity contribution is 0.585. The molecule has 1 spiro atoms. The third kappa shape index (κ3) is 0.880. The van der Waals surface area contributed by atoms with E-state index in [0.29, 0.717) is 0 Å². The molecule has 0 radical (unpaired) electrons. The van der Waals surface area contributed by atoms with Gasteiger partial charge >= 0.3 is 0 Å². The highest BCUT2D eigenvalue weighted by atomic mass is 79.9. The fourth-order valence-corrected chi connectivity index (χ4v) is 2.84. The first kappa shape index (κ1) is 8.68. The van der Waals surface area contributed by atoms with Crippen molar-refractivity contribution in [2.24, 2.45) is 5.73 Å². The number of anilines is 1. The van der Waals surface area contributed by atoms with Gasteiger partial charge in [-0.15, -0.1) is 0 Å². The fraction of sp³-hybridized carbons (Fsp3) is 0.400. The Morgan fingerprint density at radius 1 is 1.57 bits per heavy atom. The molecule has 0 bridgehead atoms. The average molecular weight is 257 g/mol. The Balaban J connectivity index is 2.24. The zero-order valence-corrected chi connectivity index (χ0v) is 9.07. The van der Waals surface area contributed by atoms with Crippen LogP contribution in [0.25, 0.3) is 0 Å². The highest BCUT2D eigenvalue weighted by molar-refractivity contribution is 9.10. The minimum absolute atomic E-state index is 0.111. The second-order valence-electron chi connectivity index (χ2n) is 4.10. The summed E-state index contributed by atoms with van der Waals surface area (Å²) in [6.45, 7) is 0.767. The van der Waals surface area contributed by atoms with Crippen molar-refractivity contribution in [2.75, 3.05) is 11.9 Å². The van der Waals surface area contributed by atoms with Crippen LogP contribution in [-0.4, -0.2) is 12.6 Å². The topological polar surface area (TPSA) is 38.0 Å². The molecule has 1 aliphatic carbocycles. The quantitative estimate of drug-likeness (QED) is 0.745. The van der Waals surface area contributed by atoms with Gasteiger partial charge in [-0.2, -0.15) is 0 Å². The van der Waals surface area contributed by atoms with Gasteiger partial charge < -0.3 is 11.1 Å². The summed E-state index contributed by atoms with van der Waals surface area (Å²) in [5.41, 5.74) is 7.42. The normalized spacial score (nSPS) is 32.9. The summed E-state index contributed by atoms with van der Waals surface area (Å²) >= 11 is 3.41. The van der Waals surface area contributed by atoms with E-state index in [1.54, 1.807) is 6.07 Å². The Morgan fingerprint density at radius 2 is 2.29 bits per heavy atom. The van der Waals surface area contributed by atoms with Gasteiger partial charge in [0, 0.05) is 28.0 Å². The van der Waals surface area contributed by atoms with E-state index in [9.17, 15) is 4.39 Å². The van der Waals surface area contributed by atoms with Gasteiger partial charge in [0.25, 0.3) is 0 Å². The molecule has 1 aromatic rings. The van der Waals surface area contributed by atoms with Crippen molar-refractivity contribution >= 4 is 21.6 Å². The average Bonchev–Trinajstić information content (AvgIpc) is 2.60. The van der Waals surface area contributed by atoms with Gasteiger partial charge in [0.15, 0.2) is 0 Å². The second-order valence-corrected chi connectivity index (χ2v) is 4.95. The summed E-state index contributed by atoms with van der Waals surface area (Å²) in [6.07, 6.45) is 0.889. The molecule has 3 N–H and O–H groups in total. The predicted molar refractivity (Wildman–Crippen MR) is 56.9 cm³/mol. The van der Waals surface area contributed by atoms with E-state index in [2.05, 4.69) is 21.2 Å². The van der Waals surface area contributed by atoms with Crippen molar-refractivity contribution in [3.63, 3.8) is 0 Å². The molecule has 2 atom stereocenters. The molecule has 1 aromatic carbocycles. The first-order valence-corrected chi connectivity index (χ1v) is 5.42. The zero-order valence-electron chi connectivity index (χ0n) is 7.48. The zero-order chi connectivity index (χ0) is 9.92. The molecule has 1 fully saturated rings. The SMILES string of the molecule is NC1CC12CNc1c(Br)ccc(F)c12. The van der Waals surface area contributed by atoms with Gasteiger partial charge in [0.1, 0.15) is 5.82 Å². The van der Waals surface area contributed by atoms with Gasteiger partial charge in [-0.25, -0.2) is 4.39 Å². The monoisotopic (exact) mass is 256 g/mol. The highest BCUT2D eigenvalue weighted by Gasteiger charge is 2.58. The van der Waals surface area contributed by atoms with Gasteiger partial charge in [-0.05, 0) is 34.5 Å². The van der Waals surface area contributed by atoms with Crippen LogP contribution in [0.4, 0.5) is 10.1 Å². The first-order chi connectivity index (χ1) is 6.65. The summed E-state index contributed by atoms with van der Waals surface area (Å²) in [4.78, 5) is 0. The lowest BCUT2D eigenvalue weighted by Gasteiger charge is -2.08. The van der Waals surface area contributed by atoms with Crippen molar-refractivity contribution in [3.05, 3.63) is 28.0 Å². The molecule has 2 unspecified atom stereocenters. The van der Waals surface area contributed by atoms with Crippen LogP contribution in [0.2, 0.25) is 0 Å². The summed E-state index contributed by atoms with van der Waals surface area (Å²) in [5.74, 6) is -0.138. The van der Waals surface area contributed by atoms with Crippen LogP contribution in [0.3, 0.4) is 0 Å². The molecule has 4 heteroatoms. The lowest BCUT2D eigenvalue weighted by Crippen LogP contribution is -2.21. The summed E-state index contributed by atoms with van der Waals surface area (Å²) in [5, 5.41) is 3.23. The van der Waals surface area contributed by atoms with Crippen LogP contribution >= 0.6 is 15.9 Å². The molecular formula is C10H10BrFN2. The number of fused-ring (bicyclic) bond motifs is 2. The van der Waals surface area contributed by atoms with Crippen molar-refractivity contribution in [1.82, 2.24) is 0 Å². The molecule has 14 heavy (non-hydrogen) atoms. The van der Waals surface area contributed by atoms with E-state index < -0.39 is 0 Å². The molecule has 2 aliphatic rings. The minimum Gasteiger partial charge on any atom is -0.383 e. The molecule has 1 heterocycles. The van der Waals surface area contributed by atoms with Crippen LogP contribution in [0, 0.1) is 5.82 Å². The summed E-state index contributed by atoms with van der Waals surface area (Å²) < 4.78 is 14.6. The third-order valence-corrected chi connectivity index (χ3v) is 3.98. The van der Waals surface area contributed by atoms with E-state index in [1.807, 2.05) is 0 Å². The van der Waals surface area contributed by atoms with Gasteiger partial charge in [-0.3, -0.25) is 0 Å². The van der Waals surface area contributed by atoms with Crippen molar-refractivity contribution in [3.8, 4) is 0 Å². The van der Waals surface area contributed by atoms with E-state index in [1.165, 1.54) is 6.07 Å². The second kappa shape index (κ2) is 2.49. The van der Waals surface area contributed by atoms with E-state index in [0.717, 1.165) is 28.7 Å². The number of rotatable bonds is 0. The number of benzene rings is 1. The Morgan fingerprint density at radius 3 is 2.93 bits per heavy atom. The van der Waals surface area contributed by atoms with Crippen LogP contribution in [-0.2, 0) is 5.41 Å². The molecule has 3 rings (SSSR count). The molecule has 0 saturated heterocycles. The van der Waals surface area contributed by atoms with Crippen LogP contribution in [0.1, 0.15) is 12.0 Å². The van der Waals surface area contributed by atoms with Crippen LogP contribution in [0.15, 0.2) is 16.6 Å². The Hall–Kier alpha value is -0.610. The van der Waals surface area contributed by atoms with Crippen LogP contribution in [0.5, 0.6) is 0 Å². The summed E-state index contributed by atoms with van der Waals surface area (Å²) in [6, 6.07) is 3.34. The maximum Gasteiger partial charge on any atom is 0.129 e. The van der Waals surface area contributed by atoms with Crippen LogP contribution < -0.4 is 11.1 Å². The van der Waals surface area contributed by atoms with E-state index >= 15 is 0 Å². The first-order valence-electron chi connectivity index (χ1n) is 4.63. The van der Waals surface area contributed by atoms with E-state index in [-0.39, 0.29) is 17.3 Å². The Bertz CT molecular complexity index is 421. The van der Waals surface area contributed by atoms with Crippen molar-refractivity contribution in [2.45, 2.75) is 17.9 Å². The smallest absolute Gasteiger partial charge is 0.129 e. The number of hydrogen-bond donors (Lipinski definition) is 2. The fourth-order valence-electron chi connectivity index (χ4n) is 2.37. The van der Waals surface area contributed by atoms with Gasteiger partial charge in [0.05, 0.1) is 5.69 Å². The van der Waals surface area contributed by atoms with E-state index in [4.69, 9.17) is 5.73 Å². The molecule has 1 saturated carbocycles.